The lowest BCUT2D eigenvalue weighted by molar-refractivity contribution is 0.0948. The molecule has 1 aliphatic heterocycles. The number of pyridine rings is 1. The maximum absolute atomic E-state index is 13.7. The Labute approximate surface area is 155 Å². The predicted molar refractivity (Wildman–Crippen MR) is 95.0 cm³/mol. The van der Waals surface area contributed by atoms with Gasteiger partial charge in [-0.3, -0.25) is 9.78 Å². The van der Waals surface area contributed by atoms with Gasteiger partial charge in [-0.05, 0) is 29.7 Å². The minimum atomic E-state index is -0.707. The fourth-order valence-corrected chi connectivity index (χ4v) is 3.10. The average Bonchev–Trinajstić information content (AvgIpc) is 2.65. The van der Waals surface area contributed by atoms with Crippen molar-refractivity contribution in [3.63, 3.8) is 0 Å². The fraction of sp³-hybridized carbons (Fsp3) is 0.316. The van der Waals surface area contributed by atoms with Crippen LogP contribution in [0.4, 0.5) is 13.6 Å². The van der Waals surface area contributed by atoms with Crippen LogP contribution in [0.5, 0.6) is 0 Å². The number of carbonyl (C=O) groups is 2. The van der Waals surface area contributed by atoms with E-state index in [0.29, 0.717) is 25.1 Å². The van der Waals surface area contributed by atoms with Crippen LogP contribution in [0.15, 0.2) is 30.6 Å². The van der Waals surface area contributed by atoms with E-state index in [0.717, 1.165) is 23.3 Å². The zero-order valence-electron chi connectivity index (χ0n) is 15.1. The molecule has 0 radical (unpaired) electrons. The number of hydrogen-bond acceptors (Lipinski definition) is 3. The Morgan fingerprint density at radius 1 is 1.22 bits per heavy atom. The Hall–Kier alpha value is -3.03. The highest BCUT2D eigenvalue weighted by molar-refractivity contribution is 5.95. The van der Waals surface area contributed by atoms with Crippen LogP contribution in [0.25, 0.3) is 0 Å². The third-order valence-corrected chi connectivity index (χ3v) is 4.52. The highest BCUT2D eigenvalue weighted by Gasteiger charge is 2.25. The highest BCUT2D eigenvalue weighted by Crippen LogP contribution is 2.22. The predicted octanol–water partition coefficient (Wildman–Crippen LogP) is 2.33. The SMILES string of the molecule is CN(C)C(=O)N1CCc2c(cncc2C(=O)NCc2c(F)cccc2F)C1. The topological polar surface area (TPSA) is 65.5 Å². The number of urea groups is 1. The van der Waals surface area contributed by atoms with Crippen molar-refractivity contribution in [1.82, 2.24) is 20.1 Å². The summed E-state index contributed by atoms with van der Waals surface area (Å²) >= 11 is 0. The maximum Gasteiger partial charge on any atom is 0.319 e. The van der Waals surface area contributed by atoms with Gasteiger partial charge in [0.25, 0.3) is 5.91 Å². The quantitative estimate of drug-likeness (QED) is 0.897. The van der Waals surface area contributed by atoms with Gasteiger partial charge >= 0.3 is 6.03 Å². The van der Waals surface area contributed by atoms with Gasteiger partial charge in [0.1, 0.15) is 11.6 Å². The molecule has 1 aromatic carbocycles. The second-order valence-corrected chi connectivity index (χ2v) is 6.56. The Morgan fingerprint density at radius 2 is 1.93 bits per heavy atom. The average molecular weight is 374 g/mol. The normalized spacial score (nSPS) is 13.1. The standard InChI is InChI=1S/C19H20F2N4O2/c1-24(2)19(27)25-7-6-13-12(11-25)8-22-9-14(13)18(26)23-10-15-16(20)4-3-5-17(15)21/h3-5,8-9H,6-7,10-11H2,1-2H3,(H,23,26). The van der Waals surface area contributed by atoms with E-state index < -0.39 is 17.5 Å². The van der Waals surface area contributed by atoms with Gasteiger partial charge in [-0.2, -0.15) is 0 Å². The number of halogens is 2. The van der Waals surface area contributed by atoms with Crippen molar-refractivity contribution in [3.05, 3.63) is 64.5 Å². The summed E-state index contributed by atoms with van der Waals surface area (Å²) < 4.78 is 27.4. The zero-order chi connectivity index (χ0) is 19.6. The molecular formula is C19H20F2N4O2. The molecule has 0 saturated carbocycles. The van der Waals surface area contributed by atoms with E-state index in [9.17, 15) is 18.4 Å². The molecule has 2 heterocycles. The zero-order valence-corrected chi connectivity index (χ0v) is 15.1. The van der Waals surface area contributed by atoms with Crippen LogP contribution < -0.4 is 5.32 Å². The molecule has 2 aromatic rings. The van der Waals surface area contributed by atoms with Crippen molar-refractivity contribution in [2.45, 2.75) is 19.5 Å². The van der Waals surface area contributed by atoms with Crippen LogP contribution in [0, 0.1) is 11.6 Å². The van der Waals surface area contributed by atoms with E-state index >= 15 is 0 Å². The number of fused-ring (bicyclic) bond motifs is 1. The third-order valence-electron chi connectivity index (χ3n) is 4.52. The van der Waals surface area contributed by atoms with E-state index in [1.165, 1.54) is 17.2 Å². The minimum Gasteiger partial charge on any atom is -0.348 e. The van der Waals surface area contributed by atoms with Gasteiger partial charge in [0.2, 0.25) is 0 Å². The largest absolute Gasteiger partial charge is 0.348 e. The first-order chi connectivity index (χ1) is 12.9. The van der Waals surface area contributed by atoms with Crippen LogP contribution >= 0.6 is 0 Å². The van der Waals surface area contributed by atoms with E-state index in [2.05, 4.69) is 10.3 Å². The molecule has 6 nitrogen and oxygen atoms in total. The van der Waals surface area contributed by atoms with Gasteiger partial charge in [0, 0.05) is 51.7 Å². The summed E-state index contributed by atoms with van der Waals surface area (Å²) in [5, 5.41) is 2.55. The maximum atomic E-state index is 13.7. The summed E-state index contributed by atoms with van der Waals surface area (Å²) in [5.41, 5.74) is 1.77. The number of aromatic nitrogens is 1. The summed E-state index contributed by atoms with van der Waals surface area (Å²) in [5.74, 6) is -1.86. The van der Waals surface area contributed by atoms with Crippen LogP contribution in [-0.4, -0.2) is 47.4 Å². The summed E-state index contributed by atoms with van der Waals surface area (Å²) in [6.07, 6.45) is 3.58. The summed E-state index contributed by atoms with van der Waals surface area (Å²) in [6, 6.07) is 3.46. The number of carbonyl (C=O) groups excluding carboxylic acids is 2. The van der Waals surface area contributed by atoms with E-state index in [1.807, 2.05) is 0 Å². The van der Waals surface area contributed by atoms with Crippen LogP contribution in [0.3, 0.4) is 0 Å². The molecule has 3 amide bonds. The van der Waals surface area contributed by atoms with Crippen molar-refractivity contribution in [3.8, 4) is 0 Å². The van der Waals surface area contributed by atoms with Crippen LogP contribution in [-0.2, 0) is 19.5 Å². The molecule has 27 heavy (non-hydrogen) atoms. The highest BCUT2D eigenvalue weighted by atomic mass is 19.1. The number of nitrogens with zero attached hydrogens (tertiary/aromatic N) is 3. The van der Waals surface area contributed by atoms with Gasteiger partial charge in [0.05, 0.1) is 5.56 Å². The molecule has 0 spiro atoms. The number of benzene rings is 1. The van der Waals surface area contributed by atoms with Crippen molar-refractivity contribution in [2.24, 2.45) is 0 Å². The Balaban J connectivity index is 1.76. The lowest BCUT2D eigenvalue weighted by Crippen LogP contribution is -2.42. The van der Waals surface area contributed by atoms with Gasteiger partial charge in [0.15, 0.2) is 0 Å². The molecule has 0 fully saturated rings. The van der Waals surface area contributed by atoms with E-state index in [-0.39, 0.29) is 18.1 Å². The Morgan fingerprint density at radius 3 is 2.59 bits per heavy atom. The Kier molecular flexibility index (Phi) is 5.34. The van der Waals surface area contributed by atoms with Crippen molar-refractivity contribution in [2.75, 3.05) is 20.6 Å². The number of hydrogen-bond donors (Lipinski definition) is 1. The van der Waals surface area contributed by atoms with Crippen molar-refractivity contribution < 1.29 is 18.4 Å². The number of amides is 3. The summed E-state index contributed by atoms with van der Waals surface area (Å²) in [4.78, 5) is 31.9. The smallest absolute Gasteiger partial charge is 0.319 e. The molecule has 0 unspecified atom stereocenters. The first kappa shape index (κ1) is 18.8. The van der Waals surface area contributed by atoms with Crippen molar-refractivity contribution in [1.29, 1.82) is 0 Å². The van der Waals surface area contributed by atoms with Gasteiger partial charge in [-0.15, -0.1) is 0 Å². The molecule has 0 saturated heterocycles. The molecule has 142 valence electrons. The van der Waals surface area contributed by atoms with Crippen LogP contribution in [0.2, 0.25) is 0 Å². The van der Waals surface area contributed by atoms with Crippen molar-refractivity contribution >= 4 is 11.9 Å². The van der Waals surface area contributed by atoms with E-state index in [4.69, 9.17) is 0 Å². The molecule has 1 N–H and O–H groups in total. The van der Waals surface area contributed by atoms with Gasteiger partial charge in [-0.25, -0.2) is 13.6 Å². The number of rotatable bonds is 3. The second kappa shape index (κ2) is 7.69. The molecule has 3 rings (SSSR count). The molecule has 1 aliphatic rings. The molecule has 0 bridgehead atoms. The molecule has 1 aromatic heterocycles. The third kappa shape index (κ3) is 3.89. The lowest BCUT2D eigenvalue weighted by Gasteiger charge is -2.31. The van der Waals surface area contributed by atoms with Crippen LogP contribution in [0.1, 0.15) is 27.0 Å². The first-order valence-electron chi connectivity index (χ1n) is 8.51. The Bertz CT molecular complexity index is 866. The number of nitrogens with one attached hydrogen (secondary N) is 1. The lowest BCUT2D eigenvalue weighted by atomic mass is 9.97. The van der Waals surface area contributed by atoms with Gasteiger partial charge in [-0.1, -0.05) is 6.07 Å². The molecule has 8 heteroatoms. The molecular weight excluding hydrogens is 354 g/mol. The minimum absolute atomic E-state index is 0.106. The first-order valence-corrected chi connectivity index (χ1v) is 8.51. The van der Waals surface area contributed by atoms with E-state index in [1.54, 1.807) is 25.2 Å². The summed E-state index contributed by atoms with van der Waals surface area (Å²) in [7, 11) is 3.36. The summed E-state index contributed by atoms with van der Waals surface area (Å²) in [6.45, 7) is 0.588. The van der Waals surface area contributed by atoms with Gasteiger partial charge < -0.3 is 15.1 Å². The monoisotopic (exact) mass is 374 g/mol. The second-order valence-electron chi connectivity index (χ2n) is 6.56. The fourth-order valence-electron chi connectivity index (χ4n) is 3.10. The molecule has 0 aliphatic carbocycles. The molecule has 0 atom stereocenters.